The number of amides is 1. The molecule has 21 heavy (non-hydrogen) atoms. The minimum absolute atomic E-state index is 0.0435. The molecule has 2 rings (SSSR count). The van der Waals surface area contributed by atoms with Gasteiger partial charge >= 0.3 is 0 Å². The molecule has 1 aliphatic rings. The SMILES string of the molecule is COc1ccc(N)cc1NC(=O)CCN1CCOC(C)C1. The van der Waals surface area contributed by atoms with Crippen LogP contribution in [0.5, 0.6) is 5.75 Å². The molecule has 1 heterocycles. The predicted octanol–water partition coefficient (Wildman–Crippen LogP) is 1.33. The van der Waals surface area contributed by atoms with Gasteiger partial charge in [0.1, 0.15) is 5.75 Å². The lowest BCUT2D eigenvalue weighted by Gasteiger charge is -2.30. The van der Waals surface area contributed by atoms with Crippen LogP contribution in [0.2, 0.25) is 0 Å². The summed E-state index contributed by atoms with van der Waals surface area (Å²) in [6, 6.07) is 5.19. The number of rotatable bonds is 5. The van der Waals surface area contributed by atoms with E-state index in [1.807, 2.05) is 6.92 Å². The minimum Gasteiger partial charge on any atom is -0.495 e. The highest BCUT2D eigenvalue weighted by Crippen LogP contribution is 2.26. The number of anilines is 2. The third-order valence-corrected chi connectivity index (χ3v) is 3.48. The number of methoxy groups -OCH3 is 1. The minimum atomic E-state index is -0.0435. The van der Waals surface area contributed by atoms with Gasteiger partial charge in [-0.3, -0.25) is 9.69 Å². The second kappa shape index (κ2) is 7.28. The van der Waals surface area contributed by atoms with Crippen LogP contribution in [-0.4, -0.2) is 50.3 Å². The van der Waals surface area contributed by atoms with Crippen LogP contribution < -0.4 is 15.8 Å². The molecule has 6 nitrogen and oxygen atoms in total. The Hall–Kier alpha value is -1.79. The van der Waals surface area contributed by atoms with Crippen molar-refractivity contribution in [3.63, 3.8) is 0 Å². The van der Waals surface area contributed by atoms with E-state index in [2.05, 4.69) is 10.2 Å². The number of carbonyl (C=O) groups is 1. The predicted molar refractivity (Wildman–Crippen MR) is 82.5 cm³/mol. The Kier molecular flexibility index (Phi) is 5.41. The number of hydrogen-bond acceptors (Lipinski definition) is 5. The summed E-state index contributed by atoms with van der Waals surface area (Å²) in [5.74, 6) is 0.565. The molecule has 1 unspecified atom stereocenters. The number of nitrogens with zero attached hydrogens (tertiary/aromatic N) is 1. The number of nitrogens with one attached hydrogen (secondary N) is 1. The van der Waals surface area contributed by atoms with E-state index in [-0.39, 0.29) is 12.0 Å². The molecule has 0 aromatic heterocycles. The first-order valence-electron chi connectivity index (χ1n) is 7.16. The van der Waals surface area contributed by atoms with Crippen LogP contribution >= 0.6 is 0 Å². The van der Waals surface area contributed by atoms with Gasteiger partial charge in [0.05, 0.1) is 25.5 Å². The lowest BCUT2D eigenvalue weighted by atomic mass is 10.2. The number of morpholine rings is 1. The summed E-state index contributed by atoms with van der Waals surface area (Å²) in [6.07, 6.45) is 0.667. The van der Waals surface area contributed by atoms with Crippen LogP contribution in [0.15, 0.2) is 18.2 Å². The van der Waals surface area contributed by atoms with Crippen molar-refractivity contribution in [2.75, 3.05) is 44.4 Å². The fraction of sp³-hybridized carbons (Fsp3) is 0.533. The molecule has 116 valence electrons. The van der Waals surface area contributed by atoms with E-state index in [1.165, 1.54) is 0 Å². The Morgan fingerprint density at radius 1 is 1.57 bits per heavy atom. The molecule has 1 fully saturated rings. The first-order valence-corrected chi connectivity index (χ1v) is 7.16. The van der Waals surface area contributed by atoms with E-state index >= 15 is 0 Å². The maximum atomic E-state index is 12.1. The molecule has 0 radical (unpaired) electrons. The van der Waals surface area contributed by atoms with Crippen LogP contribution in [0.4, 0.5) is 11.4 Å². The van der Waals surface area contributed by atoms with Crippen molar-refractivity contribution in [3.8, 4) is 5.75 Å². The molecule has 1 saturated heterocycles. The molecule has 3 N–H and O–H groups in total. The van der Waals surface area contributed by atoms with Crippen molar-refractivity contribution in [1.82, 2.24) is 4.90 Å². The van der Waals surface area contributed by atoms with Gasteiger partial charge in [-0.15, -0.1) is 0 Å². The summed E-state index contributed by atoms with van der Waals surface area (Å²) < 4.78 is 10.7. The van der Waals surface area contributed by atoms with E-state index in [4.69, 9.17) is 15.2 Å². The molecule has 1 aliphatic heterocycles. The maximum absolute atomic E-state index is 12.1. The standard InChI is InChI=1S/C15H23N3O3/c1-11-10-18(7-8-21-11)6-5-15(19)17-13-9-12(16)3-4-14(13)20-2/h3-4,9,11H,5-8,10,16H2,1-2H3,(H,17,19). The number of nitrogen functional groups attached to an aromatic ring is 1. The van der Waals surface area contributed by atoms with Gasteiger partial charge in [0, 0.05) is 31.7 Å². The number of nitrogens with two attached hydrogens (primary N) is 1. The van der Waals surface area contributed by atoms with Crippen molar-refractivity contribution >= 4 is 17.3 Å². The molecule has 1 aromatic carbocycles. The third kappa shape index (κ3) is 4.61. The maximum Gasteiger partial charge on any atom is 0.225 e. The first kappa shape index (κ1) is 15.6. The van der Waals surface area contributed by atoms with E-state index in [0.717, 1.165) is 26.2 Å². The van der Waals surface area contributed by atoms with Crippen molar-refractivity contribution < 1.29 is 14.3 Å². The number of ether oxygens (including phenoxy) is 2. The van der Waals surface area contributed by atoms with E-state index in [0.29, 0.717) is 23.5 Å². The Morgan fingerprint density at radius 2 is 2.38 bits per heavy atom. The lowest BCUT2D eigenvalue weighted by molar-refractivity contribution is -0.117. The molecule has 0 aliphatic carbocycles. The van der Waals surface area contributed by atoms with Gasteiger partial charge in [-0.2, -0.15) is 0 Å². The van der Waals surface area contributed by atoms with Gasteiger partial charge in [0.15, 0.2) is 0 Å². The summed E-state index contributed by atoms with van der Waals surface area (Å²) in [5.41, 5.74) is 6.94. The van der Waals surface area contributed by atoms with Gasteiger partial charge in [-0.25, -0.2) is 0 Å². The van der Waals surface area contributed by atoms with Gasteiger partial charge in [-0.1, -0.05) is 0 Å². The number of carbonyl (C=O) groups excluding carboxylic acids is 1. The zero-order chi connectivity index (χ0) is 15.2. The van der Waals surface area contributed by atoms with Gasteiger partial charge in [-0.05, 0) is 25.1 Å². The van der Waals surface area contributed by atoms with E-state index in [1.54, 1.807) is 25.3 Å². The summed E-state index contributed by atoms with van der Waals surface area (Å²) in [5, 5.41) is 2.85. The highest BCUT2D eigenvalue weighted by atomic mass is 16.5. The van der Waals surface area contributed by atoms with Crippen LogP contribution in [0.25, 0.3) is 0 Å². The summed E-state index contributed by atoms with van der Waals surface area (Å²) in [4.78, 5) is 14.3. The van der Waals surface area contributed by atoms with Crippen LogP contribution in [-0.2, 0) is 9.53 Å². The first-order chi connectivity index (χ1) is 10.1. The average Bonchev–Trinajstić information content (AvgIpc) is 2.45. The van der Waals surface area contributed by atoms with Crippen LogP contribution in [0.3, 0.4) is 0 Å². The summed E-state index contributed by atoms with van der Waals surface area (Å²) in [6.45, 7) is 5.24. The Balaban J connectivity index is 1.85. The highest BCUT2D eigenvalue weighted by Gasteiger charge is 2.17. The smallest absolute Gasteiger partial charge is 0.225 e. The summed E-state index contributed by atoms with van der Waals surface area (Å²) in [7, 11) is 1.57. The monoisotopic (exact) mass is 293 g/mol. The van der Waals surface area contributed by atoms with Crippen molar-refractivity contribution in [2.45, 2.75) is 19.4 Å². The Labute approximate surface area is 125 Å². The van der Waals surface area contributed by atoms with Crippen LogP contribution in [0, 0.1) is 0 Å². The second-order valence-corrected chi connectivity index (χ2v) is 5.24. The number of benzene rings is 1. The van der Waals surface area contributed by atoms with E-state index in [9.17, 15) is 4.79 Å². The van der Waals surface area contributed by atoms with Crippen molar-refractivity contribution in [1.29, 1.82) is 0 Å². The molecule has 1 amide bonds. The molecule has 0 spiro atoms. The van der Waals surface area contributed by atoms with Gasteiger partial charge < -0.3 is 20.5 Å². The Morgan fingerprint density at radius 3 is 3.10 bits per heavy atom. The van der Waals surface area contributed by atoms with E-state index < -0.39 is 0 Å². The molecule has 6 heteroatoms. The fourth-order valence-electron chi connectivity index (χ4n) is 2.39. The van der Waals surface area contributed by atoms with Gasteiger partial charge in [0.25, 0.3) is 0 Å². The normalized spacial score (nSPS) is 19.2. The zero-order valence-corrected chi connectivity index (χ0v) is 12.6. The molecule has 1 atom stereocenters. The Bertz CT molecular complexity index is 493. The average molecular weight is 293 g/mol. The topological polar surface area (TPSA) is 76.8 Å². The van der Waals surface area contributed by atoms with Crippen molar-refractivity contribution in [3.05, 3.63) is 18.2 Å². The molecule has 1 aromatic rings. The third-order valence-electron chi connectivity index (χ3n) is 3.48. The molecule has 0 bridgehead atoms. The summed E-state index contributed by atoms with van der Waals surface area (Å²) >= 11 is 0. The van der Waals surface area contributed by atoms with Crippen LogP contribution in [0.1, 0.15) is 13.3 Å². The molecular weight excluding hydrogens is 270 g/mol. The highest BCUT2D eigenvalue weighted by molar-refractivity contribution is 5.93. The zero-order valence-electron chi connectivity index (χ0n) is 12.6. The largest absolute Gasteiger partial charge is 0.495 e. The second-order valence-electron chi connectivity index (χ2n) is 5.24. The molecular formula is C15H23N3O3. The lowest BCUT2D eigenvalue weighted by Crippen LogP contribution is -2.42. The number of hydrogen-bond donors (Lipinski definition) is 2. The quantitative estimate of drug-likeness (QED) is 0.801. The fourth-order valence-corrected chi connectivity index (χ4v) is 2.39. The molecule has 0 saturated carbocycles. The van der Waals surface area contributed by atoms with Gasteiger partial charge in [0.2, 0.25) is 5.91 Å². The van der Waals surface area contributed by atoms with Crippen molar-refractivity contribution in [2.24, 2.45) is 0 Å².